The molecule has 0 bridgehead atoms. The van der Waals surface area contributed by atoms with E-state index < -0.39 is 6.10 Å². The van der Waals surface area contributed by atoms with Crippen LogP contribution >= 0.6 is 0 Å². The summed E-state index contributed by atoms with van der Waals surface area (Å²) in [6, 6.07) is 3.79. The van der Waals surface area contributed by atoms with Crippen LogP contribution in [0.5, 0.6) is 0 Å². The maximum absolute atomic E-state index is 8.79. The number of hydrogen-bond acceptors (Lipinski definition) is 3. The molecule has 1 atom stereocenters. The zero-order valence-electron chi connectivity index (χ0n) is 6.45. The zero-order chi connectivity index (χ0) is 8.53. The third-order valence-corrected chi connectivity index (χ3v) is 1.42. The summed E-state index contributed by atoms with van der Waals surface area (Å²) in [5.74, 6) is 0. The van der Waals surface area contributed by atoms with Crippen LogP contribution in [0.4, 0.5) is 0 Å². The summed E-state index contributed by atoms with van der Waals surface area (Å²) >= 11 is 0. The summed E-state index contributed by atoms with van der Waals surface area (Å²) in [5, 5.41) is 25.1. The third kappa shape index (κ3) is 6.83. The molecule has 0 aromatic carbocycles. The lowest BCUT2D eigenvalue weighted by Gasteiger charge is -1.98. The second-order valence-corrected chi connectivity index (χ2v) is 2.40. The van der Waals surface area contributed by atoms with Crippen molar-refractivity contribution in [1.29, 1.82) is 10.5 Å². The van der Waals surface area contributed by atoms with Gasteiger partial charge in [-0.1, -0.05) is 6.42 Å². The van der Waals surface area contributed by atoms with Crippen LogP contribution in [-0.2, 0) is 0 Å². The summed E-state index contributed by atoms with van der Waals surface area (Å²) in [4.78, 5) is 0. The van der Waals surface area contributed by atoms with Crippen molar-refractivity contribution >= 4 is 0 Å². The maximum Gasteiger partial charge on any atom is 0.140 e. The first kappa shape index (κ1) is 9.94. The number of nitriles is 2. The minimum Gasteiger partial charge on any atom is -0.378 e. The van der Waals surface area contributed by atoms with Gasteiger partial charge in [0.2, 0.25) is 0 Å². The lowest BCUT2D eigenvalue weighted by atomic mass is 10.1. The van der Waals surface area contributed by atoms with Crippen LogP contribution in [0.25, 0.3) is 0 Å². The van der Waals surface area contributed by atoms with Gasteiger partial charge in [-0.3, -0.25) is 0 Å². The summed E-state index contributed by atoms with van der Waals surface area (Å²) in [6.45, 7) is 0. The average Bonchev–Trinajstić information content (AvgIpc) is 2.04. The van der Waals surface area contributed by atoms with Gasteiger partial charge >= 0.3 is 0 Å². The van der Waals surface area contributed by atoms with E-state index in [0.717, 1.165) is 19.3 Å². The van der Waals surface area contributed by atoms with Gasteiger partial charge in [0.25, 0.3) is 0 Å². The monoisotopic (exact) mass is 152 g/mol. The number of aliphatic hydroxyl groups is 1. The van der Waals surface area contributed by atoms with Crippen molar-refractivity contribution in [1.82, 2.24) is 0 Å². The van der Waals surface area contributed by atoms with E-state index in [1.54, 1.807) is 6.07 Å². The van der Waals surface area contributed by atoms with Crippen LogP contribution < -0.4 is 0 Å². The highest BCUT2D eigenvalue weighted by Gasteiger charge is 1.99. The molecule has 11 heavy (non-hydrogen) atoms. The van der Waals surface area contributed by atoms with E-state index in [1.807, 2.05) is 6.07 Å². The van der Waals surface area contributed by atoms with Crippen LogP contribution in [-0.4, -0.2) is 11.2 Å². The topological polar surface area (TPSA) is 67.8 Å². The number of unbranched alkanes of at least 4 members (excludes halogenated alkanes) is 3. The molecule has 0 spiro atoms. The predicted molar refractivity (Wildman–Crippen MR) is 40.3 cm³/mol. The van der Waals surface area contributed by atoms with Crippen molar-refractivity contribution < 1.29 is 5.11 Å². The van der Waals surface area contributed by atoms with E-state index in [2.05, 4.69) is 0 Å². The molecule has 0 aromatic rings. The molecule has 0 amide bonds. The lowest BCUT2D eigenvalue weighted by Crippen LogP contribution is -2.01. The normalized spacial score (nSPS) is 11.5. The van der Waals surface area contributed by atoms with Gasteiger partial charge < -0.3 is 5.11 Å². The molecule has 3 nitrogen and oxygen atoms in total. The molecule has 3 heteroatoms. The van der Waals surface area contributed by atoms with Crippen LogP contribution in [0.15, 0.2) is 0 Å². The Morgan fingerprint density at radius 1 is 1.18 bits per heavy atom. The Kier molecular flexibility index (Phi) is 6.37. The van der Waals surface area contributed by atoms with Crippen molar-refractivity contribution in [2.24, 2.45) is 0 Å². The van der Waals surface area contributed by atoms with E-state index in [0.29, 0.717) is 12.8 Å². The Morgan fingerprint density at radius 2 is 1.91 bits per heavy atom. The summed E-state index contributed by atoms with van der Waals surface area (Å²) < 4.78 is 0. The molecule has 0 aromatic heterocycles. The molecule has 60 valence electrons. The molecular formula is C8H12N2O. The Hall–Kier alpha value is -1.06. The number of nitrogens with zero attached hydrogens (tertiary/aromatic N) is 2. The average molecular weight is 152 g/mol. The van der Waals surface area contributed by atoms with Crippen molar-refractivity contribution in [2.45, 2.75) is 38.2 Å². The fourth-order valence-corrected chi connectivity index (χ4v) is 0.783. The van der Waals surface area contributed by atoms with Gasteiger partial charge in [0, 0.05) is 6.42 Å². The van der Waals surface area contributed by atoms with Gasteiger partial charge in [0.05, 0.1) is 12.1 Å². The smallest absolute Gasteiger partial charge is 0.140 e. The summed E-state index contributed by atoms with van der Waals surface area (Å²) in [5.41, 5.74) is 0. The molecule has 1 unspecified atom stereocenters. The van der Waals surface area contributed by atoms with E-state index in [-0.39, 0.29) is 0 Å². The molecule has 0 rings (SSSR count). The van der Waals surface area contributed by atoms with Crippen molar-refractivity contribution in [3.05, 3.63) is 0 Å². The molecule has 0 aliphatic heterocycles. The highest BCUT2D eigenvalue weighted by molar-refractivity contribution is 4.81. The Labute approximate surface area is 66.9 Å². The molecule has 0 radical (unpaired) electrons. The van der Waals surface area contributed by atoms with E-state index in [9.17, 15) is 0 Å². The Balaban J connectivity index is 3.04. The number of hydrogen-bond donors (Lipinski definition) is 1. The van der Waals surface area contributed by atoms with E-state index in [4.69, 9.17) is 15.6 Å². The first-order chi connectivity index (χ1) is 5.31. The first-order valence-corrected chi connectivity index (χ1v) is 3.76. The number of rotatable bonds is 5. The van der Waals surface area contributed by atoms with Gasteiger partial charge in [0.15, 0.2) is 0 Å². The van der Waals surface area contributed by atoms with Crippen molar-refractivity contribution in [2.75, 3.05) is 0 Å². The number of aliphatic hydroxyl groups excluding tert-OH is 1. The summed E-state index contributed by atoms with van der Waals surface area (Å²) in [7, 11) is 0. The third-order valence-electron chi connectivity index (χ3n) is 1.42. The fraction of sp³-hybridized carbons (Fsp3) is 0.750. The second-order valence-electron chi connectivity index (χ2n) is 2.40. The van der Waals surface area contributed by atoms with Gasteiger partial charge in [-0.2, -0.15) is 10.5 Å². The van der Waals surface area contributed by atoms with Crippen LogP contribution in [0, 0.1) is 22.7 Å². The predicted octanol–water partition coefficient (Wildman–Crippen LogP) is 1.34. The van der Waals surface area contributed by atoms with Gasteiger partial charge in [0.1, 0.15) is 6.10 Å². The molecule has 0 saturated heterocycles. The summed E-state index contributed by atoms with van der Waals surface area (Å²) in [6.07, 6.45) is 2.90. The first-order valence-electron chi connectivity index (χ1n) is 3.76. The second kappa shape index (κ2) is 7.05. The molecule has 1 N–H and O–H groups in total. The van der Waals surface area contributed by atoms with E-state index in [1.165, 1.54) is 0 Å². The quantitative estimate of drug-likeness (QED) is 0.477. The molecule has 0 saturated carbocycles. The van der Waals surface area contributed by atoms with Gasteiger partial charge in [-0.05, 0) is 19.3 Å². The van der Waals surface area contributed by atoms with Crippen LogP contribution in [0.2, 0.25) is 0 Å². The largest absolute Gasteiger partial charge is 0.378 e. The van der Waals surface area contributed by atoms with Gasteiger partial charge in [-0.15, -0.1) is 0 Å². The lowest BCUT2D eigenvalue weighted by molar-refractivity contribution is 0.215. The van der Waals surface area contributed by atoms with Crippen LogP contribution in [0.3, 0.4) is 0 Å². The molecule has 0 aliphatic carbocycles. The minimum absolute atomic E-state index is 0.530. The standard InChI is InChI=1S/C8H12N2O/c9-6-4-2-1-3-5-8(11)7-10/h8,11H,1-5H2. The molecule has 0 fully saturated rings. The van der Waals surface area contributed by atoms with Gasteiger partial charge in [-0.25, -0.2) is 0 Å². The Morgan fingerprint density at radius 3 is 2.45 bits per heavy atom. The van der Waals surface area contributed by atoms with Crippen molar-refractivity contribution in [3.63, 3.8) is 0 Å². The van der Waals surface area contributed by atoms with E-state index >= 15 is 0 Å². The maximum atomic E-state index is 8.79. The minimum atomic E-state index is -0.822. The highest BCUT2D eigenvalue weighted by Crippen LogP contribution is 2.04. The van der Waals surface area contributed by atoms with Crippen molar-refractivity contribution in [3.8, 4) is 12.1 Å². The Bertz CT molecular complexity index is 166. The highest BCUT2D eigenvalue weighted by atomic mass is 16.3. The fourth-order valence-electron chi connectivity index (χ4n) is 0.783. The molecular weight excluding hydrogens is 140 g/mol. The SMILES string of the molecule is N#CCCCCCC(O)C#N. The molecule has 0 aliphatic rings. The zero-order valence-corrected chi connectivity index (χ0v) is 6.45. The molecule has 0 heterocycles. The van der Waals surface area contributed by atoms with Crippen LogP contribution in [0.1, 0.15) is 32.1 Å².